The molecule has 0 amide bonds. The molecule has 1 heterocycles. The van der Waals surface area contributed by atoms with E-state index in [-0.39, 0.29) is 0 Å². The Bertz CT molecular complexity index is 280. The summed E-state index contributed by atoms with van der Waals surface area (Å²) in [5.41, 5.74) is 1.63. The highest BCUT2D eigenvalue weighted by Crippen LogP contribution is 2.31. The van der Waals surface area contributed by atoms with Crippen molar-refractivity contribution in [3.05, 3.63) is 11.3 Å². The standard InChI is InChI=1S/C20H38O/c1-4-6-7-8-9-10-11-12-13-15-19(5-2)20-16-14-17-21-18(20)3/h19H,4-17H2,1-3H3. The van der Waals surface area contributed by atoms with Crippen molar-refractivity contribution < 1.29 is 4.74 Å². The first-order valence-corrected chi connectivity index (χ1v) is 9.62. The summed E-state index contributed by atoms with van der Waals surface area (Å²) in [5, 5.41) is 0. The molecule has 21 heavy (non-hydrogen) atoms. The van der Waals surface area contributed by atoms with Crippen LogP contribution in [0.1, 0.15) is 104 Å². The van der Waals surface area contributed by atoms with Crippen LogP contribution < -0.4 is 0 Å². The number of hydrogen-bond acceptors (Lipinski definition) is 1. The number of ether oxygens (including phenoxy) is 1. The maximum atomic E-state index is 5.74. The maximum absolute atomic E-state index is 5.74. The van der Waals surface area contributed by atoms with Crippen LogP contribution in [0.25, 0.3) is 0 Å². The molecule has 0 spiro atoms. The Morgan fingerprint density at radius 3 is 2.10 bits per heavy atom. The molecule has 0 saturated heterocycles. The number of unbranched alkanes of at least 4 members (excludes halogenated alkanes) is 8. The van der Waals surface area contributed by atoms with Crippen LogP contribution in [0, 0.1) is 5.92 Å². The summed E-state index contributed by atoms with van der Waals surface area (Å²) in [5.74, 6) is 2.03. The largest absolute Gasteiger partial charge is 0.498 e. The Morgan fingerprint density at radius 1 is 0.905 bits per heavy atom. The minimum Gasteiger partial charge on any atom is -0.498 e. The van der Waals surface area contributed by atoms with Crippen molar-refractivity contribution in [1.29, 1.82) is 0 Å². The van der Waals surface area contributed by atoms with Crippen molar-refractivity contribution in [2.24, 2.45) is 5.92 Å². The first kappa shape index (κ1) is 18.6. The lowest BCUT2D eigenvalue weighted by molar-refractivity contribution is 0.180. The van der Waals surface area contributed by atoms with E-state index in [0.29, 0.717) is 0 Å². The molecule has 0 fully saturated rings. The van der Waals surface area contributed by atoms with E-state index in [2.05, 4.69) is 20.8 Å². The van der Waals surface area contributed by atoms with E-state index in [1.54, 1.807) is 5.57 Å². The Labute approximate surface area is 133 Å². The van der Waals surface area contributed by atoms with Crippen LogP contribution in [0.4, 0.5) is 0 Å². The predicted octanol–water partition coefficient (Wildman–Crippen LogP) is 7.02. The number of rotatable bonds is 12. The van der Waals surface area contributed by atoms with E-state index in [4.69, 9.17) is 4.74 Å². The van der Waals surface area contributed by atoms with Gasteiger partial charge in [-0.3, -0.25) is 0 Å². The Hall–Kier alpha value is -0.460. The highest BCUT2D eigenvalue weighted by Gasteiger charge is 2.18. The van der Waals surface area contributed by atoms with Crippen LogP contribution in [0.5, 0.6) is 0 Å². The van der Waals surface area contributed by atoms with Gasteiger partial charge in [0.25, 0.3) is 0 Å². The second-order valence-corrected chi connectivity index (χ2v) is 6.76. The highest BCUT2D eigenvalue weighted by molar-refractivity contribution is 5.12. The van der Waals surface area contributed by atoms with E-state index >= 15 is 0 Å². The van der Waals surface area contributed by atoms with Gasteiger partial charge in [-0.15, -0.1) is 0 Å². The van der Waals surface area contributed by atoms with Gasteiger partial charge in [-0.1, -0.05) is 71.6 Å². The van der Waals surface area contributed by atoms with Gasteiger partial charge in [0.15, 0.2) is 0 Å². The van der Waals surface area contributed by atoms with Crippen molar-refractivity contribution in [3.8, 4) is 0 Å². The molecule has 1 aliphatic rings. The van der Waals surface area contributed by atoms with E-state index < -0.39 is 0 Å². The van der Waals surface area contributed by atoms with Gasteiger partial charge in [-0.05, 0) is 44.1 Å². The summed E-state index contributed by atoms with van der Waals surface area (Å²) in [6, 6.07) is 0. The second-order valence-electron chi connectivity index (χ2n) is 6.76. The zero-order valence-corrected chi connectivity index (χ0v) is 14.9. The van der Waals surface area contributed by atoms with Crippen molar-refractivity contribution in [1.82, 2.24) is 0 Å². The Balaban J connectivity index is 2.07. The lowest BCUT2D eigenvalue weighted by Crippen LogP contribution is -2.12. The first-order chi connectivity index (χ1) is 10.3. The smallest absolute Gasteiger partial charge is 0.0923 e. The third kappa shape index (κ3) is 7.93. The normalized spacial score (nSPS) is 16.9. The fraction of sp³-hybridized carbons (Fsp3) is 0.900. The van der Waals surface area contributed by atoms with E-state index in [9.17, 15) is 0 Å². The van der Waals surface area contributed by atoms with Gasteiger partial charge < -0.3 is 4.74 Å². The van der Waals surface area contributed by atoms with E-state index in [0.717, 1.165) is 12.5 Å². The van der Waals surface area contributed by atoms with Gasteiger partial charge in [0.2, 0.25) is 0 Å². The summed E-state index contributed by atoms with van der Waals surface area (Å²) in [6.07, 6.45) is 18.0. The average Bonchev–Trinajstić information content (AvgIpc) is 2.50. The molecule has 0 saturated carbocycles. The molecular formula is C20H38O. The van der Waals surface area contributed by atoms with Crippen LogP contribution in [-0.2, 0) is 4.74 Å². The Morgan fingerprint density at radius 2 is 1.52 bits per heavy atom. The van der Waals surface area contributed by atoms with Crippen molar-refractivity contribution in [3.63, 3.8) is 0 Å². The lowest BCUT2D eigenvalue weighted by atomic mass is 9.86. The Kier molecular flexibility index (Phi) is 10.7. The zero-order chi connectivity index (χ0) is 15.3. The quantitative estimate of drug-likeness (QED) is 0.351. The molecule has 0 aromatic rings. The van der Waals surface area contributed by atoms with Gasteiger partial charge >= 0.3 is 0 Å². The van der Waals surface area contributed by atoms with Crippen LogP contribution in [0.2, 0.25) is 0 Å². The summed E-state index contributed by atoms with van der Waals surface area (Å²) < 4.78 is 5.74. The lowest BCUT2D eigenvalue weighted by Gasteiger charge is -2.25. The number of allylic oxidation sites excluding steroid dienone is 2. The van der Waals surface area contributed by atoms with E-state index in [1.165, 1.54) is 89.2 Å². The minimum absolute atomic E-state index is 0.787. The molecule has 1 heteroatoms. The number of hydrogen-bond donors (Lipinski definition) is 0. The van der Waals surface area contributed by atoms with Crippen LogP contribution in [0.3, 0.4) is 0 Å². The summed E-state index contributed by atoms with van der Waals surface area (Å²) in [4.78, 5) is 0. The van der Waals surface area contributed by atoms with Crippen molar-refractivity contribution in [2.75, 3.05) is 6.61 Å². The molecule has 1 nitrogen and oxygen atoms in total. The third-order valence-corrected chi connectivity index (χ3v) is 5.00. The second kappa shape index (κ2) is 12.1. The minimum atomic E-state index is 0.787. The van der Waals surface area contributed by atoms with Crippen LogP contribution >= 0.6 is 0 Å². The van der Waals surface area contributed by atoms with Crippen molar-refractivity contribution in [2.45, 2.75) is 104 Å². The fourth-order valence-electron chi connectivity index (χ4n) is 3.57. The SMILES string of the molecule is CCCCCCCCCCCC(CC)C1=C(C)OCCC1. The molecule has 0 N–H and O–H groups in total. The van der Waals surface area contributed by atoms with Gasteiger partial charge in [-0.25, -0.2) is 0 Å². The molecule has 1 rings (SSSR count). The molecule has 0 radical (unpaired) electrons. The maximum Gasteiger partial charge on any atom is 0.0923 e. The van der Waals surface area contributed by atoms with Crippen molar-refractivity contribution >= 4 is 0 Å². The molecule has 0 aliphatic carbocycles. The molecule has 124 valence electrons. The van der Waals surface area contributed by atoms with Crippen LogP contribution in [0.15, 0.2) is 11.3 Å². The molecule has 1 atom stereocenters. The topological polar surface area (TPSA) is 9.23 Å². The van der Waals surface area contributed by atoms with Gasteiger partial charge in [0.05, 0.1) is 12.4 Å². The predicted molar refractivity (Wildman–Crippen MR) is 93.5 cm³/mol. The summed E-state index contributed by atoms with van der Waals surface area (Å²) in [7, 11) is 0. The van der Waals surface area contributed by atoms with Crippen LogP contribution in [-0.4, -0.2) is 6.61 Å². The van der Waals surface area contributed by atoms with E-state index in [1.807, 2.05) is 0 Å². The monoisotopic (exact) mass is 294 g/mol. The van der Waals surface area contributed by atoms with Gasteiger partial charge in [0.1, 0.15) is 0 Å². The van der Waals surface area contributed by atoms with Gasteiger partial charge in [0, 0.05) is 0 Å². The third-order valence-electron chi connectivity index (χ3n) is 5.00. The van der Waals surface area contributed by atoms with Gasteiger partial charge in [-0.2, -0.15) is 0 Å². The zero-order valence-electron chi connectivity index (χ0n) is 14.9. The fourth-order valence-corrected chi connectivity index (χ4v) is 3.57. The first-order valence-electron chi connectivity index (χ1n) is 9.62. The molecule has 1 aliphatic heterocycles. The molecule has 0 aromatic heterocycles. The molecule has 0 bridgehead atoms. The summed E-state index contributed by atoms with van der Waals surface area (Å²) >= 11 is 0. The molecular weight excluding hydrogens is 256 g/mol. The molecule has 0 aromatic carbocycles. The summed E-state index contributed by atoms with van der Waals surface area (Å²) in [6.45, 7) is 7.74. The highest BCUT2D eigenvalue weighted by atomic mass is 16.5. The average molecular weight is 295 g/mol. The molecule has 1 unspecified atom stereocenters.